The number of anilines is 6. The molecule has 0 N–H and O–H groups in total. The molecule has 0 bridgehead atoms. The van der Waals surface area contributed by atoms with E-state index in [2.05, 4.69) is 314 Å². The lowest BCUT2D eigenvalue weighted by molar-refractivity contribution is 1.17. The molecular weight excluding hydrogens is 947 g/mol. The molecule has 0 saturated heterocycles. The molecule has 2 heterocycles. The third kappa shape index (κ3) is 9.07. The normalized spacial score (nSPS) is 11.3. The van der Waals surface area contributed by atoms with Gasteiger partial charge in [0.05, 0.1) is 22.4 Å². The fourth-order valence-electron chi connectivity index (χ4n) is 11.1. The number of aromatic nitrogens is 3. The molecule has 0 aliphatic carbocycles. The van der Waals surface area contributed by atoms with Crippen molar-refractivity contribution in [3.05, 3.63) is 296 Å². The van der Waals surface area contributed by atoms with Gasteiger partial charge in [-0.3, -0.25) is 0 Å². The van der Waals surface area contributed by atoms with Crippen LogP contribution in [0.3, 0.4) is 0 Å². The molecule has 13 aromatic rings. The minimum atomic E-state index is 0.731. The Kier molecular flexibility index (Phi) is 12.5. The molecule has 0 atom stereocenters. The zero-order chi connectivity index (χ0) is 52.5. The van der Waals surface area contributed by atoms with Crippen LogP contribution in [0.5, 0.6) is 0 Å². The Morgan fingerprint density at radius 2 is 0.705 bits per heavy atom. The van der Waals surface area contributed by atoms with E-state index in [1.54, 1.807) is 0 Å². The zero-order valence-electron chi connectivity index (χ0n) is 43.8. The van der Waals surface area contributed by atoms with E-state index >= 15 is 0 Å². The van der Waals surface area contributed by atoms with Crippen LogP contribution < -0.4 is 9.80 Å². The molecular formula is C73H55N5. The number of para-hydroxylation sites is 4. The zero-order valence-corrected chi connectivity index (χ0v) is 43.8. The summed E-state index contributed by atoms with van der Waals surface area (Å²) in [7, 11) is 0. The summed E-state index contributed by atoms with van der Waals surface area (Å²) in [5.41, 5.74) is 23.2. The van der Waals surface area contributed by atoms with Crippen LogP contribution in [-0.4, -0.2) is 14.5 Å². The Morgan fingerprint density at radius 1 is 0.282 bits per heavy atom. The van der Waals surface area contributed by atoms with Gasteiger partial charge in [-0.1, -0.05) is 176 Å². The Balaban J connectivity index is 0.855. The smallest absolute Gasteiger partial charge is 0.160 e. The first-order chi connectivity index (χ1) is 38.4. The van der Waals surface area contributed by atoms with E-state index in [1.165, 1.54) is 33.0 Å². The van der Waals surface area contributed by atoms with Crippen molar-refractivity contribution >= 4 is 55.9 Å². The Labute approximate surface area is 456 Å². The summed E-state index contributed by atoms with van der Waals surface area (Å²) in [6, 6.07) is 99.9. The lowest BCUT2D eigenvalue weighted by Gasteiger charge is -2.26. The van der Waals surface area contributed by atoms with Crippen molar-refractivity contribution in [1.29, 1.82) is 0 Å². The van der Waals surface area contributed by atoms with E-state index in [9.17, 15) is 0 Å². The predicted octanol–water partition coefficient (Wildman–Crippen LogP) is 19.8. The van der Waals surface area contributed by atoms with Crippen molar-refractivity contribution < 1.29 is 0 Å². The molecule has 0 saturated carbocycles. The molecule has 0 spiro atoms. The maximum absolute atomic E-state index is 5.15. The number of hydrogen-bond acceptors (Lipinski definition) is 4. The number of nitrogens with zero attached hydrogens (tertiary/aromatic N) is 5. The van der Waals surface area contributed by atoms with E-state index in [-0.39, 0.29) is 0 Å². The van der Waals surface area contributed by atoms with Crippen LogP contribution in [0.1, 0.15) is 16.7 Å². The van der Waals surface area contributed by atoms with Gasteiger partial charge in [-0.2, -0.15) is 0 Å². The molecule has 372 valence electrons. The molecule has 0 amide bonds. The number of aryl methyl sites for hydroxylation is 3. The molecule has 0 aliphatic heterocycles. The molecule has 5 heteroatoms. The highest BCUT2D eigenvalue weighted by molar-refractivity contribution is 6.12. The highest BCUT2D eigenvalue weighted by Gasteiger charge is 2.21. The monoisotopic (exact) mass is 1000 g/mol. The van der Waals surface area contributed by atoms with Crippen molar-refractivity contribution in [3.8, 4) is 61.8 Å². The van der Waals surface area contributed by atoms with E-state index in [0.29, 0.717) is 0 Å². The van der Waals surface area contributed by atoms with E-state index in [4.69, 9.17) is 9.97 Å². The maximum atomic E-state index is 5.15. The molecule has 5 nitrogen and oxygen atoms in total. The molecule has 11 aromatic carbocycles. The fraction of sp³-hybridized carbons (Fsp3) is 0.0411. The fourth-order valence-corrected chi connectivity index (χ4v) is 11.1. The Morgan fingerprint density at radius 3 is 1.19 bits per heavy atom. The molecule has 0 fully saturated rings. The molecule has 2 aromatic heterocycles. The van der Waals surface area contributed by atoms with Crippen molar-refractivity contribution in [2.75, 3.05) is 9.80 Å². The van der Waals surface area contributed by atoms with Crippen LogP contribution in [0.15, 0.2) is 279 Å². The average Bonchev–Trinajstić information content (AvgIpc) is 4.04. The Hall–Kier alpha value is -10.1. The third-order valence-electron chi connectivity index (χ3n) is 15.0. The van der Waals surface area contributed by atoms with Crippen LogP contribution in [0.4, 0.5) is 34.1 Å². The van der Waals surface area contributed by atoms with Crippen molar-refractivity contribution in [3.63, 3.8) is 0 Å². The second-order valence-corrected chi connectivity index (χ2v) is 20.0. The quantitative estimate of drug-likeness (QED) is 0.122. The first kappa shape index (κ1) is 47.6. The van der Waals surface area contributed by atoms with Gasteiger partial charge >= 0.3 is 0 Å². The minimum Gasteiger partial charge on any atom is -0.310 e. The van der Waals surface area contributed by atoms with Gasteiger partial charge < -0.3 is 14.4 Å². The van der Waals surface area contributed by atoms with Crippen LogP contribution in [0, 0.1) is 20.8 Å². The summed E-state index contributed by atoms with van der Waals surface area (Å²) >= 11 is 0. The molecule has 0 unspecified atom stereocenters. The topological polar surface area (TPSA) is 37.2 Å². The summed E-state index contributed by atoms with van der Waals surface area (Å²) in [5.74, 6) is 0.731. The van der Waals surface area contributed by atoms with Crippen molar-refractivity contribution in [1.82, 2.24) is 14.5 Å². The molecule has 0 aliphatic rings. The molecule has 78 heavy (non-hydrogen) atoms. The standard InChI is InChI=1S/C73H55N5/c1-50-20-16-18-30-65(50)70-49-69(74-73(75-70)66-31-19-17-21-51(66)2)55-34-32-54(33-35-55)64-43-38-56(46-52(64)3)53-36-39-61(40-37-53)78-71-44-41-62(76(57-22-8-4-9-23-57)58-24-10-5-11-25-58)47-67(71)68-48-63(42-45-72(68)78)77(59-26-12-6-13-27-59)60-28-14-7-15-29-60/h4-49H,1-3H3. The van der Waals surface area contributed by atoms with Crippen LogP contribution in [0.25, 0.3) is 83.6 Å². The summed E-state index contributed by atoms with van der Waals surface area (Å²) in [4.78, 5) is 14.9. The van der Waals surface area contributed by atoms with Crippen LogP contribution in [-0.2, 0) is 0 Å². The maximum Gasteiger partial charge on any atom is 0.160 e. The van der Waals surface area contributed by atoms with Crippen LogP contribution in [0.2, 0.25) is 0 Å². The lowest BCUT2D eigenvalue weighted by Crippen LogP contribution is -2.09. The van der Waals surface area contributed by atoms with Gasteiger partial charge in [0.15, 0.2) is 5.82 Å². The number of hydrogen-bond donors (Lipinski definition) is 0. The van der Waals surface area contributed by atoms with Crippen molar-refractivity contribution in [2.24, 2.45) is 0 Å². The van der Waals surface area contributed by atoms with Gasteiger partial charge in [0.25, 0.3) is 0 Å². The highest BCUT2D eigenvalue weighted by Crippen LogP contribution is 2.43. The van der Waals surface area contributed by atoms with Gasteiger partial charge in [0.2, 0.25) is 0 Å². The number of fused-ring (bicyclic) bond motifs is 3. The van der Waals surface area contributed by atoms with E-state index < -0.39 is 0 Å². The number of rotatable bonds is 12. The Bertz CT molecular complexity index is 3980. The molecule has 13 rings (SSSR count). The lowest BCUT2D eigenvalue weighted by atomic mass is 9.94. The van der Waals surface area contributed by atoms with Gasteiger partial charge in [-0.15, -0.1) is 0 Å². The third-order valence-corrected chi connectivity index (χ3v) is 15.0. The first-order valence-electron chi connectivity index (χ1n) is 26.6. The number of benzene rings is 11. The van der Waals surface area contributed by atoms with Crippen LogP contribution >= 0.6 is 0 Å². The summed E-state index contributed by atoms with van der Waals surface area (Å²) in [6.07, 6.45) is 0. The average molecular weight is 1000 g/mol. The van der Waals surface area contributed by atoms with Gasteiger partial charge in [-0.05, 0) is 163 Å². The van der Waals surface area contributed by atoms with Gasteiger partial charge in [-0.25, -0.2) is 9.97 Å². The summed E-state index contributed by atoms with van der Waals surface area (Å²) in [5, 5.41) is 2.34. The minimum absolute atomic E-state index is 0.731. The first-order valence-corrected chi connectivity index (χ1v) is 26.6. The molecule has 0 radical (unpaired) electrons. The van der Waals surface area contributed by atoms with Gasteiger partial charge in [0.1, 0.15) is 0 Å². The predicted molar refractivity (Wildman–Crippen MR) is 327 cm³/mol. The largest absolute Gasteiger partial charge is 0.310 e. The van der Waals surface area contributed by atoms with E-state index in [1.807, 2.05) is 0 Å². The second-order valence-electron chi connectivity index (χ2n) is 20.0. The van der Waals surface area contributed by atoms with Crippen molar-refractivity contribution in [2.45, 2.75) is 20.8 Å². The SMILES string of the molecule is Cc1cc(-c2ccc(-n3c4ccc(N(c5ccccc5)c5ccccc5)cc4c4cc(N(c5ccccc5)c5ccccc5)ccc43)cc2)ccc1-c1ccc(-c2cc(-c3ccccc3C)nc(-c3ccccc3C)n2)cc1. The van der Waals surface area contributed by atoms with E-state index in [0.717, 1.165) is 101 Å². The summed E-state index contributed by atoms with van der Waals surface area (Å²) in [6.45, 7) is 6.47. The highest BCUT2D eigenvalue weighted by atomic mass is 15.1. The van der Waals surface area contributed by atoms with Gasteiger partial charge in [0, 0.05) is 67.3 Å². The summed E-state index contributed by atoms with van der Waals surface area (Å²) < 4.78 is 2.42. The second kappa shape index (κ2) is 20.6.